The second kappa shape index (κ2) is 8.34. The standard InChI is InChI=1S/C19H27NO3/c21-19(20-16-8-3-1-2-4-9-16)15-7-5-10-17(13-15)23-14-18-11-6-12-22-18/h5,7,10,13,16,18H,1-4,6,8-9,11-12,14H2,(H,20,21). The number of carbonyl (C=O) groups excluding carboxylic acids is 1. The van der Waals surface area contributed by atoms with E-state index >= 15 is 0 Å². The van der Waals surface area contributed by atoms with Crippen LogP contribution in [-0.4, -0.2) is 31.3 Å². The topological polar surface area (TPSA) is 47.6 Å². The fourth-order valence-electron chi connectivity index (χ4n) is 3.38. The first-order valence-electron chi connectivity index (χ1n) is 8.96. The average Bonchev–Trinajstić information content (AvgIpc) is 2.97. The van der Waals surface area contributed by atoms with Gasteiger partial charge in [0.05, 0.1) is 6.10 Å². The van der Waals surface area contributed by atoms with E-state index in [4.69, 9.17) is 9.47 Å². The van der Waals surface area contributed by atoms with Crippen molar-refractivity contribution in [1.29, 1.82) is 0 Å². The summed E-state index contributed by atoms with van der Waals surface area (Å²) in [5, 5.41) is 3.18. The molecule has 0 aromatic heterocycles. The monoisotopic (exact) mass is 317 g/mol. The summed E-state index contributed by atoms with van der Waals surface area (Å²) in [4.78, 5) is 12.4. The molecule has 4 heteroatoms. The van der Waals surface area contributed by atoms with Crippen LogP contribution in [0, 0.1) is 0 Å². The van der Waals surface area contributed by atoms with E-state index in [9.17, 15) is 4.79 Å². The van der Waals surface area contributed by atoms with Crippen LogP contribution in [0.5, 0.6) is 5.75 Å². The molecule has 1 N–H and O–H groups in total. The Morgan fingerprint density at radius 1 is 1.13 bits per heavy atom. The van der Waals surface area contributed by atoms with Crippen molar-refractivity contribution in [3.05, 3.63) is 29.8 Å². The van der Waals surface area contributed by atoms with E-state index in [1.165, 1.54) is 25.7 Å². The van der Waals surface area contributed by atoms with Crippen molar-refractivity contribution in [2.45, 2.75) is 63.5 Å². The van der Waals surface area contributed by atoms with Gasteiger partial charge in [0.25, 0.3) is 5.91 Å². The number of benzene rings is 1. The summed E-state index contributed by atoms with van der Waals surface area (Å²) in [6.07, 6.45) is 9.57. The Bertz CT molecular complexity index is 503. The van der Waals surface area contributed by atoms with E-state index in [1.807, 2.05) is 24.3 Å². The van der Waals surface area contributed by atoms with Gasteiger partial charge in [0.15, 0.2) is 0 Å². The highest BCUT2D eigenvalue weighted by Crippen LogP contribution is 2.19. The molecule has 1 amide bonds. The van der Waals surface area contributed by atoms with Gasteiger partial charge in [-0.05, 0) is 43.9 Å². The van der Waals surface area contributed by atoms with E-state index in [2.05, 4.69) is 5.32 Å². The fourth-order valence-corrected chi connectivity index (χ4v) is 3.38. The first-order valence-corrected chi connectivity index (χ1v) is 8.96. The average molecular weight is 317 g/mol. The molecule has 0 radical (unpaired) electrons. The molecule has 1 atom stereocenters. The third kappa shape index (κ3) is 4.96. The zero-order chi connectivity index (χ0) is 15.9. The summed E-state index contributed by atoms with van der Waals surface area (Å²) in [6, 6.07) is 7.79. The molecule has 3 rings (SSSR count). The van der Waals surface area contributed by atoms with Crippen LogP contribution in [0.1, 0.15) is 61.7 Å². The first kappa shape index (κ1) is 16.3. The Balaban J connectivity index is 1.53. The van der Waals surface area contributed by atoms with E-state index in [-0.39, 0.29) is 12.0 Å². The summed E-state index contributed by atoms with van der Waals surface area (Å²) in [6.45, 7) is 1.39. The second-order valence-corrected chi connectivity index (χ2v) is 6.64. The lowest BCUT2D eigenvalue weighted by Gasteiger charge is -2.17. The molecule has 1 aliphatic carbocycles. The largest absolute Gasteiger partial charge is 0.491 e. The highest BCUT2D eigenvalue weighted by molar-refractivity contribution is 5.94. The summed E-state index contributed by atoms with van der Waals surface area (Å²) >= 11 is 0. The highest BCUT2D eigenvalue weighted by atomic mass is 16.5. The predicted molar refractivity (Wildman–Crippen MR) is 89.9 cm³/mol. The quantitative estimate of drug-likeness (QED) is 0.842. The summed E-state index contributed by atoms with van der Waals surface area (Å²) < 4.78 is 11.3. The summed E-state index contributed by atoms with van der Waals surface area (Å²) in [7, 11) is 0. The molecule has 1 saturated heterocycles. The fraction of sp³-hybridized carbons (Fsp3) is 0.632. The number of hydrogen-bond acceptors (Lipinski definition) is 3. The maximum Gasteiger partial charge on any atom is 0.251 e. The minimum Gasteiger partial charge on any atom is -0.491 e. The maximum atomic E-state index is 12.4. The van der Waals surface area contributed by atoms with Gasteiger partial charge in [0.2, 0.25) is 0 Å². The van der Waals surface area contributed by atoms with Crippen LogP contribution in [0.2, 0.25) is 0 Å². The maximum absolute atomic E-state index is 12.4. The van der Waals surface area contributed by atoms with Crippen molar-refractivity contribution in [2.75, 3.05) is 13.2 Å². The van der Waals surface area contributed by atoms with Gasteiger partial charge in [-0.15, -0.1) is 0 Å². The number of carbonyl (C=O) groups is 1. The van der Waals surface area contributed by atoms with Crippen molar-refractivity contribution in [1.82, 2.24) is 5.32 Å². The van der Waals surface area contributed by atoms with Crippen LogP contribution in [0.4, 0.5) is 0 Å². The minimum atomic E-state index is 0.0134. The number of hydrogen-bond donors (Lipinski definition) is 1. The zero-order valence-electron chi connectivity index (χ0n) is 13.8. The SMILES string of the molecule is O=C(NC1CCCCCC1)c1cccc(OCC2CCCO2)c1. The van der Waals surface area contributed by atoms with E-state index < -0.39 is 0 Å². The predicted octanol–water partition coefficient (Wildman–Crippen LogP) is 3.70. The van der Waals surface area contributed by atoms with Crippen molar-refractivity contribution in [3.8, 4) is 5.75 Å². The van der Waals surface area contributed by atoms with Gasteiger partial charge in [-0.25, -0.2) is 0 Å². The Morgan fingerprint density at radius 2 is 1.96 bits per heavy atom. The Hall–Kier alpha value is -1.55. The van der Waals surface area contributed by atoms with Crippen LogP contribution < -0.4 is 10.1 Å². The zero-order valence-corrected chi connectivity index (χ0v) is 13.8. The van der Waals surface area contributed by atoms with Crippen molar-refractivity contribution >= 4 is 5.91 Å². The van der Waals surface area contributed by atoms with Crippen LogP contribution in [0.15, 0.2) is 24.3 Å². The molecule has 1 unspecified atom stereocenters. The lowest BCUT2D eigenvalue weighted by Crippen LogP contribution is -2.34. The number of ether oxygens (including phenoxy) is 2. The van der Waals surface area contributed by atoms with Crippen LogP contribution in [0.25, 0.3) is 0 Å². The molecule has 23 heavy (non-hydrogen) atoms. The van der Waals surface area contributed by atoms with Crippen LogP contribution in [0.3, 0.4) is 0 Å². The molecule has 0 spiro atoms. The van der Waals surface area contributed by atoms with Gasteiger partial charge in [0, 0.05) is 18.2 Å². The summed E-state index contributed by atoms with van der Waals surface area (Å²) in [5.41, 5.74) is 0.680. The Morgan fingerprint density at radius 3 is 2.70 bits per heavy atom. The molecule has 1 aliphatic heterocycles. The summed E-state index contributed by atoms with van der Waals surface area (Å²) in [5.74, 6) is 0.758. The molecule has 1 saturated carbocycles. The van der Waals surface area contributed by atoms with E-state index in [0.717, 1.165) is 38.0 Å². The van der Waals surface area contributed by atoms with Crippen molar-refractivity contribution < 1.29 is 14.3 Å². The number of amides is 1. The molecule has 1 aromatic carbocycles. The van der Waals surface area contributed by atoms with Gasteiger partial charge in [-0.1, -0.05) is 31.7 Å². The van der Waals surface area contributed by atoms with Gasteiger partial charge < -0.3 is 14.8 Å². The Kier molecular flexibility index (Phi) is 5.92. The third-order valence-corrected chi connectivity index (χ3v) is 4.75. The number of nitrogens with one attached hydrogen (secondary N) is 1. The molecule has 1 heterocycles. The van der Waals surface area contributed by atoms with Crippen molar-refractivity contribution in [3.63, 3.8) is 0 Å². The third-order valence-electron chi connectivity index (χ3n) is 4.75. The van der Waals surface area contributed by atoms with Gasteiger partial charge in [-0.2, -0.15) is 0 Å². The minimum absolute atomic E-state index is 0.0134. The molecule has 2 fully saturated rings. The highest BCUT2D eigenvalue weighted by Gasteiger charge is 2.18. The molecular formula is C19H27NO3. The van der Waals surface area contributed by atoms with E-state index in [0.29, 0.717) is 18.2 Å². The van der Waals surface area contributed by atoms with Gasteiger partial charge in [-0.3, -0.25) is 4.79 Å². The lowest BCUT2D eigenvalue weighted by atomic mass is 10.1. The smallest absolute Gasteiger partial charge is 0.251 e. The molecule has 2 aliphatic rings. The van der Waals surface area contributed by atoms with Gasteiger partial charge >= 0.3 is 0 Å². The molecule has 126 valence electrons. The van der Waals surface area contributed by atoms with E-state index in [1.54, 1.807) is 0 Å². The lowest BCUT2D eigenvalue weighted by molar-refractivity contribution is 0.0679. The molecule has 1 aromatic rings. The first-order chi connectivity index (χ1) is 11.3. The molecule has 4 nitrogen and oxygen atoms in total. The van der Waals surface area contributed by atoms with Crippen LogP contribution >= 0.6 is 0 Å². The molecule has 0 bridgehead atoms. The second-order valence-electron chi connectivity index (χ2n) is 6.64. The number of rotatable bonds is 5. The van der Waals surface area contributed by atoms with Crippen molar-refractivity contribution in [2.24, 2.45) is 0 Å². The van der Waals surface area contributed by atoms with Crippen LogP contribution in [-0.2, 0) is 4.74 Å². The van der Waals surface area contributed by atoms with Gasteiger partial charge in [0.1, 0.15) is 12.4 Å². The Labute approximate surface area is 138 Å². The molecular weight excluding hydrogens is 290 g/mol. The normalized spacial score (nSPS) is 22.5.